The molecule has 1 rings (SSSR count). The summed E-state index contributed by atoms with van der Waals surface area (Å²) < 4.78 is 10.1. The first kappa shape index (κ1) is 11.6. The van der Waals surface area contributed by atoms with E-state index in [2.05, 4.69) is 29.1 Å². The number of anilines is 1. The fourth-order valence-electron chi connectivity index (χ4n) is 1.00. The van der Waals surface area contributed by atoms with Gasteiger partial charge in [0.05, 0.1) is 20.3 Å². The maximum absolute atomic E-state index is 5.04. The lowest BCUT2D eigenvalue weighted by Crippen LogP contribution is -2.16. The van der Waals surface area contributed by atoms with Gasteiger partial charge < -0.3 is 14.8 Å². The van der Waals surface area contributed by atoms with E-state index in [4.69, 9.17) is 9.47 Å². The summed E-state index contributed by atoms with van der Waals surface area (Å²) in [7, 11) is 3.13. The van der Waals surface area contributed by atoms with E-state index >= 15 is 0 Å². The highest BCUT2D eigenvalue weighted by molar-refractivity contribution is 5.34. The van der Waals surface area contributed by atoms with Crippen molar-refractivity contribution in [3.8, 4) is 11.8 Å². The summed E-state index contributed by atoms with van der Waals surface area (Å²) in [6.07, 6.45) is 1.00. The highest BCUT2D eigenvalue weighted by atomic mass is 16.5. The van der Waals surface area contributed by atoms with E-state index in [0.717, 1.165) is 6.42 Å². The van der Waals surface area contributed by atoms with Crippen molar-refractivity contribution in [2.45, 2.75) is 26.3 Å². The maximum atomic E-state index is 5.04. The van der Waals surface area contributed by atoms with Gasteiger partial charge in [-0.2, -0.15) is 9.97 Å². The van der Waals surface area contributed by atoms with Crippen LogP contribution < -0.4 is 14.8 Å². The summed E-state index contributed by atoms with van der Waals surface area (Å²) in [6, 6.07) is 1.96. The molecule has 15 heavy (non-hydrogen) atoms. The zero-order chi connectivity index (χ0) is 11.3. The maximum Gasteiger partial charge on any atom is 0.229 e. The third-order valence-electron chi connectivity index (χ3n) is 2.09. The summed E-state index contributed by atoms with van der Waals surface area (Å²) in [4.78, 5) is 8.33. The van der Waals surface area contributed by atoms with E-state index < -0.39 is 0 Å². The van der Waals surface area contributed by atoms with Crippen LogP contribution in [-0.2, 0) is 0 Å². The first-order valence-corrected chi connectivity index (χ1v) is 4.93. The summed E-state index contributed by atoms with van der Waals surface area (Å²) in [5, 5.41) is 3.16. The van der Waals surface area contributed by atoms with E-state index in [9.17, 15) is 0 Å². The number of ether oxygens (including phenoxy) is 2. The topological polar surface area (TPSA) is 56.3 Å². The van der Waals surface area contributed by atoms with Crippen LogP contribution in [0, 0.1) is 0 Å². The van der Waals surface area contributed by atoms with Gasteiger partial charge >= 0.3 is 0 Å². The molecule has 1 aromatic heterocycles. The van der Waals surface area contributed by atoms with E-state index in [1.807, 2.05) is 0 Å². The quantitative estimate of drug-likeness (QED) is 0.803. The van der Waals surface area contributed by atoms with Crippen molar-refractivity contribution in [3.63, 3.8) is 0 Å². The van der Waals surface area contributed by atoms with E-state index in [-0.39, 0.29) is 0 Å². The van der Waals surface area contributed by atoms with Crippen molar-refractivity contribution in [1.29, 1.82) is 0 Å². The van der Waals surface area contributed by atoms with Gasteiger partial charge in [-0.1, -0.05) is 6.92 Å². The first-order chi connectivity index (χ1) is 7.19. The number of aromatic nitrogens is 2. The van der Waals surface area contributed by atoms with Crippen LogP contribution >= 0.6 is 0 Å². The van der Waals surface area contributed by atoms with E-state index in [1.54, 1.807) is 20.3 Å². The number of methoxy groups -OCH3 is 2. The zero-order valence-corrected chi connectivity index (χ0v) is 9.57. The summed E-state index contributed by atoms with van der Waals surface area (Å²) in [5.41, 5.74) is 0. The molecule has 1 aromatic rings. The summed E-state index contributed by atoms with van der Waals surface area (Å²) in [6.45, 7) is 4.16. The molecule has 1 heterocycles. The van der Waals surface area contributed by atoms with Crippen LogP contribution in [0.3, 0.4) is 0 Å². The molecular formula is C10H17N3O2. The van der Waals surface area contributed by atoms with Crippen LogP contribution in [-0.4, -0.2) is 30.2 Å². The SMILES string of the molecule is CCC(C)Nc1nc(OC)cc(OC)n1. The Hall–Kier alpha value is -1.52. The van der Waals surface area contributed by atoms with Crippen LogP contribution in [0.2, 0.25) is 0 Å². The molecule has 0 spiro atoms. The number of rotatable bonds is 5. The Kier molecular flexibility index (Phi) is 4.15. The molecule has 0 fully saturated rings. The molecular weight excluding hydrogens is 194 g/mol. The molecule has 0 aliphatic carbocycles. The molecule has 0 aliphatic rings. The predicted molar refractivity (Wildman–Crippen MR) is 58.5 cm³/mol. The van der Waals surface area contributed by atoms with Gasteiger partial charge in [0.1, 0.15) is 0 Å². The van der Waals surface area contributed by atoms with Gasteiger partial charge in [0.25, 0.3) is 0 Å². The van der Waals surface area contributed by atoms with Crippen LogP contribution in [0.5, 0.6) is 11.8 Å². The highest BCUT2D eigenvalue weighted by Crippen LogP contribution is 2.17. The van der Waals surface area contributed by atoms with Gasteiger partial charge in [0, 0.05) is 6.04 Å². The van der Waals surface area contributed by atoms with Crippen LogP contribution in [0.25, 0.3) is 0 Å². The number of nitrogens with zero attached hydrogens (tertiary/aromatic N) is 2. The average molecular weight is 211 g/mol. The van der Waals surface area contributed by atoms with E-state index in [0.29, 0.717) is 23.8 Å². The Morgan fingerprint density at radius 1 is 1.27 bits per heavy atom. The van der Waals surface area contributed by atoms with Gasteiger partial charge in [-0.05, 0) is 13.3 Å². The Morgan fingerprint density at radius 3 is 2.20 bits per heavy atom. The molecule has 0 aliphatic heterocycles. The molecule has 0 radical (unpaired) electrons. The normalized spacial score (nSPS) is 12.0. The Bertz CT molecular complexity index is 295. The minimum Gasteiger partial charge on any atom is -0.481 e. The predicted octanol–water partition coefficient (Wildman–Crippen LogP) is 1.70. The zero-order valence-electron chi connectivity index (χ0n) is 9.57. The number of hydrogen-bond acceptors (Lipinski definition) is 5. The van der Waals surface area contributed by atoms with Gasteiger partial charge in [-0.3, -0.25) is 0 Å². The number of nitrogens with one attached hydrogen (secondary N) is 1. The fraction of sp³-hybridized carbons (Fsp3) is 0.600. The van der Waals surface area contributed by atoms with Gasteiger partial charge in [-0.15, -0.1) is 0 Å². The third kappa shape index (κ3) is 3.27. The fourth-order valence-corrected chi connectivity index (χ4v) is 1.00. The molecule has 1 unspecified atom stereocenters. The molecule has 1 N–H and O–H groups in total. The molecule has 0 amide bonds. The van der Waals surface area contributed by atoms with Crippen LogP contribution in [0.15, 0.2) is 6.07 Å². The van der Waals surface area contributed by atoms with E-state index in [1.165, 1.54) is 0 Å². The van der Waals surface area contributed by atoms with Gasteiger partial charge in [-0.25, -0.2) is 0 Å². The third-order valence-corrected chi connectivity index (χ3v) is 2.09. The molecule has 0 bridgehead atoms. The molecule has 0 saturated carbocycles. The smallest absolute Gasteiger partial charge is 0.229 e. The monoisotopic (exact) mass is 211 g/mol. The second-order valence-corrected chi connectivity index (χ2v) is 3.23. The Morgan fingerprint density at radius 2 is 1.80 bits per heavy atom. The lowest BCUT2D eigenvalue weighted by Gasteiger charge is -2.12. The van der Waals surface area contributed by atoms with Crippen molar-refractivity contribution in [2.75, 3.05) is 19.5 Å². The number of hydrogen-bond donors (Lipinski definition) is 1. The minimum atomic E-state index is 0.321. The molecule has 0 aromatic carbocycles. The first-order valence-electron chi connectivity index (χ1n) is 4.93. The average Bonchev–Trinajstić information content (AvgIpc) is 2.28. The summed E-state index contributed by atoms with van der Waals surface area (Å²) >= 11 is 0. The van der Waals surface area contributed by atoms with Crippen molar-refractivity contribution < 1.29 is 9.47 Å². The van der Waals surface area contributed by atoms with Crippen LogP contribution in [0.1, 0.15) is 20.3 Å². The summed E-state index contributed by atoms with van der Waals surface area (Å²) in [5.74, 6) is 1.51. The largest absolute Gasteiger partial charge is 0.481 e. The molecule has 5 nitrogen and oxygen atoms in total. The van der Waals surface area contributed by atoms with Crippen molar-refractivity contribution in [1.82, 2.24) is 9.97 Å². The van der Waals surface area contributed by atoms with Crippen molar-refractivity contribution in [2.24, 2.45) is 0 Å². The second kappa shape index (κ2) is 5.38. The second-order valence-electron chi connectivity index (χ2n) is 3.23. The lowest BCUT2D eigenvalue weighted by atomic mass is 10.3. The Balaban J connectivity index is 2.86. The highest BCUT2D eigenvalue weighted by Gasteiger charge is 2.06. The standard InChI is InChI=1S/C10H17N3O2/c1-5-7(2)11-10-12-8(14-3)6-9(13-10)15-4/h6-7H,5H2,1-4H3,(H,11,12,13). The van der Waals surface area contributed by atoms with Crippen LogP contribution in [0.4, 0.5) is 5.95 Å². The minimum absolute atomic E-state index is 0.321. The molecule has 84 valence electrons. The Labute approximate surface area is 89.8 Å². The van der Waals surface area contributed by atoms with Crippen molar-refractivity contribution in [3.05, 3.63) is 6.07 Å². The molecule has 1 atom stereocenters. The lowest BCUT2D eigenvalue weighted by molar-refractivity contribution is 0.372. The molecule has 0 saturated heterocycles. The van der Waals surface area contributed by atoms with Gasteiger partial charge in [0.2, 0.25) is 17.7 Å². The van der Waals surface area contributed by atoms with Crippen molar-refractivity contribution >= 4 is 5.95 Å². The van der Waals surface area contributed by atoms with Gasteiger partial charge in [0.15, 0.2) is 0 Å². The molecule has 5 heteroatoms.